The number of thiophene rings is 1. The van der Waals surface area contributed by atoms with E-state index in [0.29, 0.717) is 31.1 Å². The van der Waals surface area contributed by atoms with Gasteiger partial charge in [0, 0.05) is 50.1 Å². The first-order valence-electron chi connectivity index (χ1n) is 9.00. The summed E-state index contributed by atoms with van der Waals surface area (Å²) in [7, 11) is 0. The number of carbonyl (C=O) groups excluding carboxylic acids is 2. The fourth-order valence-corrected chi connectivity index (χ4v) is 4.19. The summed E-state index contributed by atoms with van der Waals surface area (Å²) in [6, 6.07) is 4.51. The van der Waals surface area contributed by atoms with Crippen molar-refractivity contribution in [3.8, 4) is 0 Å². The van der Waals surface area contributed by atoms with E-state index in [4.69, 9.17) is 11.6 Å². The Balaban J connectivity index is 1.52. The Morgan fingerprint density at radius 1 is 1.17 bits per heavy atom. The molecule has 1 aliphatic heterocycles. The normalized spacial score (nSPS) is 14.9. The lowest BCUT2D eigenvalue weighted by atomic mass is 10.1. The lowest BCUT2D eigenvalue weighted by molar-refractivity contribution is -0.137. The minimum atomic E-state index is -4.50. The monoisotopic (exact) mass is 445 g/mol. The summed E-state index contributed by atoms with van der Waals surface area (Å²) in [5, 5.41) is -0.0727. The predicted octanol–water partition coefficient (Wildman–Crippen LogP) is 4.44. The smallest absolute Gasteiger partial charge is 0.352 e. The van der Waals surface area contributed by atoms with Crippen LogP contribution >= 0.6 is 22.9 Å². The largest absolute Gasteiger partial charge is 0.417 e. The van der Waals surface area contributed by atoms with Crippen LogP contribution in [0.25, 0.3) is 0 Å². The second kappa shape index (κ2) is 8.71. The molecule has 29 heavy (non-hydrogen) atoms. The number of Topliss-reactive ketones (excluding diaryl/α,β-unsaturated/α-hetero) is 1. The van der Waals surface area contributed by atoms with Crippen LogP contribution in [0.15, 0.2) is 24.4 Å². The predicted molar refractivity (Wildman–Crippen MR) is 106 cm³/mol. The van der Waals surface area contributed by atoms with Crippen LogP contribution in [-0.4, -0.2) is 47.8 Å². The molecular weight excluding hydrogens is 427 g/mol. The summed E-state index contributed by atoms with van der Waals surface area (Å²) in [5.41, 5.74) is -0.898. The Kier molecular flexibility index (Phi) is 6.48. The molecule has 5 nitrogen and oxygen atoms in total. The molecule has 3 rings (SSSR count). The van der Waals surface area contributed by atoms with E-state index in [9.17, 15) is 22.8 Å². The SMILES string of the molecule is Cc1ccc(C(=O)CCC(=O)N2CCN(c3ncc(C(F)(F)F)cc3Cl)CC2)s1. The third-order valence-corrected chi connectivity index (χ3v) is 5.98. The molecule has 156 valence electrons. The minimum Gasteiger partial charge on any atom is -0.352 e. The topological polar surface area (TPSA) is 53.5 Å². The Hall–Kier alpha value is -2.13. The van der Waals surface area contributed by atoms with Crippen LogP contribution in [0.5, 0.6) is 0 Å². The van der Waals surface area contributed by atoms with Gasteiger partial charge in [-0.05, 0) is 25.1 Å². The highest BCUT2D eigenvalue weighted by atomic mass is 35.5. The maximum absolute atomic E-state index is 12.7. The number of aromatic nitrogens is 1. The standard InChI is InChI=1S/C19H19ClF3N3O2S/c1-12-2-4-16(29-12)15(27)3-5-17(28)25-6-8-26(9-7-25)18-14(20)10-13(11-24-18)19(21,22)23/h2,4,10-11H,3,5-9H2,1H3. The summed E-state index contributed by atoms with van der Waals surface area (Å²) in [6.45, 7) is 3.52. The summed E-state index contributed by atoms with van der Waals surface area (Å²) < 4.78 is 38.2. The van der Waals surface area contributed by atoms with Crippen molar-refractivity contribution in [2.24, 2.45) is 0 Å². The van der Waals surface area contributed by atoms with Gasteiger partial charge >= 0.3 is 6.18 Å². The number of amides is 1. The molecule has 0 aliphatic carbocycles. The lowest BCUT2D eigenvalue weighted by Crippen LogP contribution is -2.49. The van der Waals surface area contributed by atoms with Crippen molar-refractivity contribution in [1.29, 1.82) is 0 Å². The van der Waals surface area contributed by atoms with E-state index in [-0.39, 0.29) is 35.4 Å². The Bertz CT molecular complexity index is 908. The van der Waals surface area contributed by atoms with E-state index in [1.165, 1.54) is 11.3 Å². The van der Waals surface area contributed by atoms with Gasteiger partial charge in [-0.1, -0.05) is 11.6 Å². The number of piperazine rings is 1. The zero-order valence-corrected chi connectivity index (χ0v) is 17.2. The van der Waals surface area contributed by atoms with Crippen molar-refractivity contribution in [2.45, 2.75) is 25.9 Å². The molecule has 0 N–H and O–H groups in total. The zero-order valence-electron chi connectivity index (χ0n) is 15.6. The van der Waals surface area contributed by atoms with Crippen LogP contribution in [0.2, 0.25) is 5.02 Å². The van der Waals surface area contributed by atoms with E-state index in [1.54, 1.807) is 15.9 Å². The molecule has 0 saturated carbocycles. The molecule has 10 heteroatoms. The first-order chi connectivity index (χ1) is 13.6. The number of anilines is 1. The van der Waals surface area contributed by atoms with Crippen LogP contribution in [0.4, 0.5) is 19.0 Å². The van der Waals surface area contributed by atoms with Gasteiger partial charge in [0.25, 0.3) is 0 Å². The van der Waals surface area contributed by atoms with Crippen molar-refractivity contribution >= 4 is 40.4 Å². The summed E-state index contributed by atoms with van der Waals surface area (Å²) in [5.74, 6) is 0.114. The molecule has 0 spiro atoms. The van der Waals surface area contributed by atoms with Crippen molar-refractivity contribution in [1.82, 2.24) is 9.88 Å². The Labute approximate surface area is 175 Å². The summed E-state index contributed by atoms with van der Waals surface area (Å²) in [6.07, 6.45) is -3.45. The maximum atomic E-state index is 12.7. The van der Waals surface area contributed by atoms with Gasteiger partial charge < -0.3 is 9.80 Å². The average molecular weight is 446 g/mol. The lowest BCUT2D eigenvalue weighted by Gasteiger charge is -2.35. The van der Waals surface area contributed by atoms with Crippen molar-refractivity contribution in [3.05, 3.63) is 44.7 Å². The van der Waals surface area contributed by atoms with Gasteiger partial charge in [0.15, 0.2) is 5.78 Å². The van der Waals surface area contributed by atoms with E-state index < -0.39 is 11.7 Å². The fraction of sp³-hybridized carbons (Fsp3) is 0.421. The van der Waals surface area contributed by atoms with Crippen LogP contribution in [-0.2, 0) is 11.0 Å². The van der Waals surface area contributed by atoms with Gasteiger partial charge in [-0.2, -0.15) is 13.2 Å². The number of halogens is 4. The van der Waals surface area contributed by atoms with Crippen LogP contribution in [0.1, 0.15) is 33.0 Å². The molecule has 1 aliphatic rings. The number of nitrogens with zero attached hydrogens (tertiary/aromatic N) is 3. The molecule has 0 radical (unpaired) electrons. The van der Waals surface area contributed by atoms with Gasteiger partial charge in [0.1, 0.15) is 5.82 Å². The molecule has 0 atom stereocenters. The van der Waals surface area contributed by atoms with E-state index in [2.05, 4.69) is 4.98 Å². The van der Waals surface area contributed by atoms with E-state index in [0.717, 1.165) is 17.1 Å². The van der Waals surface area contributed by atoms with E-state index >= 15 is 0 Å². The van der Waals surface area contributed by atoms with Crippen molar-refractivity contribution in [2.75, 3.05) is 31.1 Å². The van der Waals surface area contributed by atoms with Crippen molar-refractivity contribution in [3.63, 3.8) is 0 Å². The number of pyridine rings is 1. The van der Waals surface area contributed by atoms with Gasteiger partial charge in [0.2, 0.25) is 5.91 Å². The third-order valence-electron chi connectivity index (χ3n) is 4.66. The minimum absolute atomic E-state index is 0.0455. The maximum Gasteiger partial charge on any atom is 0.417 e. The van der Waals surface area contributed by atoms with Crippen molar-refractivity contribution < 1.29 is 22.8 Å². The van der Waals surface area contributed by atoms with Crippen LogP contribution in [0.3, 0.4) is 0 Å². The van der Waals surface area contributed by atoms with Crippen LogP contribution in [0, 0.1) is 6.92 Å². The highest BCUT2D eigenvalue weighted by Crippen LogP contribution is 2.33. The number of hydrogen-bond donors (Lipinski definition) is 0. The molecule has 1 saturated heterocycles. The first kappa shape index (κ1) is 21.6. The molecular formula is C19H19ClF3N3O2S. The number of aryl methyl sites for hydroxylation is 1. The van der Waals surface area contributed by atoms with E-state index in [1.807, 2.05) is 13.0 Å². The van der Waals surface area contributed by atoms with Crippen LogP contribution < -0.4 is 4.90 Å². The highest BCUT2D eigenvalue weighted by molar-refractivity contribution is 7.14. The molecule has 0 unspecified atom stereocenters. The second-order valence-corrected chi connectivity index (χ2v) is 8.42. The van der Waals surface area contributed by atoms with Gasteiger partial charge in [0.05, 0.1) is 15.5 Å². The number of carbonyl (C=O) groups is 2. The molecule has 2 aromatic heterocycles. The van der Waals surface area contributed by atoms with Gasteiger partial charge in [-0.25, -0.2) is 4.98 Å². The Morgan fingerprint density at radius 2 is 1.86 bits per heavy atom. The second-order valence-electron chi connectivity index (χ2n) is 6.73. The first-order valence-corrected chi connectivity index (χ1v) is 10.2. The summed E-state index contributed by atoms with van der Waals surface area (Å²) >= 11 is 7.40. The molecule has 1 amide bonds. The zero-order chi connectivity index (χ0) is 21.2. The fourth-order valence-electron chi connectivity index (χ4n) is 3.07. The van der Waals surface area contributed by atoms with Gasteiger partial charge in [-0.15, -0.1) is 11.3 Å². The highest BCUT2D eigenvalue weighted by Gasteiger charge is 2.32. The Morgan fingerprint density at radius 3 is 2.41 bits per heavy atom. The molecule has 2 aromatic rings. The molecule has 0 bridgehead atoms. The average Bonchev–Trinajstić information content (AvgIpc) is 3.11. The number of alkyl halides is 3. The molecule has 0 aromatic carbocycles. The quantitative estimate of drug-likeness (QED) is 0.639. The number of hydrogen-bond acceptors (Lipinski definition) is 5. The third kappa shape index (κ3) is 5.27. The number of rotatable bonds is 5. The summed E-state index contributed by atoms with van der Waals surface area (Å²) in [4.78, 5) is 33.5. The van der Waals surface area contributed by atoms with Gasteiger partial charge in [-0.3, -0.25) is 9.59 Å². The number of ketones is 1. The molecule has 1 fully saturated rings. The molecule has 3 heterocycles.